The number of ether oxygens (including phenoxy) is 1. The van der Waals surface area contributed by atoms with Crippen LogP contribution in [0.15, 0.2) is 34.7 Å². The summed E-state index contributed by atoms with van der Waals surface area (Å²) >= 11 is 0. The molecule has 0 aliphatic carbocycles. The number of hydrogen-bond donors (Lipinski definition) is 0. The van der Waals surface area contributed by atoms with Crippen LogP contribution >= 0.6 is 0 Å². The maximum absolute atomic E-state index is 12.4. The van der Waals surface area contributed by atoms with E-state index in [1.54, 1.807) is 51.4 Å². The number of hydrogen-bond acceptors (Lipinski definition) is 6. The van der Waals surface area contributed by atoms with Crippen LogP contribution in [0.2, 0.25) is 0 Å². The highest BCUT2D eigenvalue weighted by Gasteiger charge is 2.44. The van der Waals surface area contributed by atoms with E-state index in [1.165, 1.54) is 17.0 Å². The van der Waals surface area contributed by atoms with Crippen molar-refractivity contribution in [1.29, 1.82) is 0 Å². The number of esters is 1. The van der Waals surface area contributed by atoms with Gasteiger partial charge in [-0.3, -0.25) is 0 Å². The average molecular weight is 326 g/mol. The van der Waals surface area contributed by atoms with E-state index >= 15 is 0 Å². The van der Waals surface area contributed by atoms with E-state index < -0.39 is 22.2 Å². The fourth-order valence-corrected chi connectivity index (χ4v) is 3.43. The number of nitrogens with zero attached hydrogens (tertiary/aromatic N) is 4. The average Bonchev–Trinajstić information content (AvgIpc) is 2.78. The molecule has 1 atom stereocenters. The second-order valence-corrected chi connectivity index (χ2v) is 6.31. The molecule has 9 heteroatoms. The van der Waals surface area contributed by atoms with Gasteiger partial charge in [0.25, 0.3) is 0 Å². The van der Waals surface area contributed by atoms with Crippen molar-refractivity contribution in [2.45, 2.75) is 13.0 Å². The third-order valence-electron chi connectivity index (χ3n) is 3.10. The molecule has 0 spiro atoms. The van der Waals surface area contributed by atoms with Crippen LogP contribution in [0.5, 0.6) is 0 Å². The molecule has 1 heterocycles. The molecule has 0 saturated heterocycles. The smallest absolute Gasteiger partial charge is 0.366 e. The highest BCUT2D eigenvalue weighted by atomic mass is 32.2. The van der Waals surface area contributed by atoms with Gasteiger partial charge in [-0.2, -0.15) is 12.8 Å². The van der Waals surface area contributed by atoms with Gasteiger partial charge in [0.05, 0.1) is 12.8 Å². The Morgan fingerprint density at radius 2 is 1.86 bits per heavy atom. The van der Waals surface area contributed by atoms with E-state index in [1.807, 2.05) is 0 Å². The fraction of sp³-hybridized carbons (Fsp3) is 0.385. The summed E-state index contributed by atoms with van der Waals surface area (Å²) in [5.74, 6) is -0.422. The molecular formula is C13H18N4O4S. The first-order valence-electron chi connectivity index (χ1n) is 6.54. The van der Waals surface area contributed by atoms with E-state index in [4.69, 9.17) is 4.74 Å². The highest BCUT2D eigenvalue weighted by molar-refractivity contribution is 7.91. The van der Waals surface area contributed by atoms with Crippen LogP contribution in [0.4, 0.5) is 5.69 Å². The molecule has 1 aliphatic rings. The maximum atomic E-state index is 12.4. The van der Waals surface area contributed by atoms with Gasteiger partial charge in [-0.25, -0.2) is 9.80 Å². The SMILES string of the molecule is COC(=O)C(C)N1C(N(C)C)=NS(=O)(=O)N1c1ccccc1. The minimum absolute atomic E-state index is 0.141. The minimum atomic E-state index is -3.97. The van der Waals surface area contributed by atoms with Gasteiger partial charge in [0.15, 0.2) is 0 Å². The lowest BCUT2D eigenvalue weighted by Gasteiger charge is -2.34. The Labute approximate surface area is 129 Å². The van der Waals surface area contributed by atoms with Crippen LogP contribution in [0, 0.1) is 0 Å². The summed E-state index contributed by atoms with van der Waals surface area (Å²) in [5, 5.41) is 1.30. The van der Waals surface area contributed by atoms with Gasteiger partial charge in [-0.1, -0.05) is 18.2 Å². The van der Waals surface area contributed by atoms with Crippen molar-refractivity contribution in [3.8, 4) is 0 Å². The number of rotatable bonds is 3. The second kappa shape index (κ2) is 5.84. The first kappa shape index (κ1) is 16.1. The molecule has 0 radical (unpaired) electrons. The van der Waals surface area contributed by atoms with Gasteiger partial charge in [0.1, 0.15) is 6.04 Å². The van der Waals surface area contributed by atoms with Crippen LogP contribution in [0.25, 0.3) is 0 Å². The lowest BCUT2D eigenvalue weighted by molar-refractivity contribution is -0.144. The quantitative estimate of drug-likeness (QED) is 0.750. The number of methoxy groups -OCH3 is 1. The number of para-hydroxylation sites is 1. The minimum Gasteiger partial charge on any atom is -0.467 e. The predicted octanol–water partition coefficient (Wildman–Crippen LogP) is 0.448. The molecule has 8 nitrogen and oxygen atoms in total. The summed E-state index contributed by atoms with van der Waals surface area (Å²) in [6.07, 6.45) is 0. The Balaban J connectivity index is 2.56. The highest BCUT2D eigenvalue weighted by Crippen LogP contribution is 2.29. The third-order valence-corrected chi connectivity index (χ3v) is 4.32. The number of anilines is 1. The zero-order valence-electron chi connectivity index (χ0n) is 12.8. The van der Waals surface area contributed by atoms with Gasteiger partial charge < -0.3 is 9.64 Å². The van der Waals surface area contributed by atoms with Crippen molar-refractivity contribution in [3.05, 3.63) is 30.3 Å². The Morgan fingerprint density at radius 3 is 2.36 bits per heavy atom. The second-order valence-electron chi connectivity index (χ2n) is 4.89. The van der Waals surface area contributed by atoms with Crippen LogP contribution < -0.4 is 4.41 Å². The molecule has 1 aliphatic heterocycles. The maximum Gasteiger partial charge on any atom is 0.366 e. The largest absolute Gasteiger partial charge is 0.467 e. The molecule has 0 fully saturated rings. The fourth-order valence-electron chi connectivity index (χ4n) is 2.08. The van der Waals surface area contributed by atoms with E-state index in [2.05, 4.69) is 4.40 Å². The van der Waals surface area contributed by atoms with Crippen molar-refractivity contribution in [3.63, 3.8) is 0 Å². The van der Waals surface area contributed by atoms with E-state index in [9.17, 15) is 13.2 Å². The van der Waals surface area contributed by atoms with Crippen molar-refractivity contribution in [1.82, 2.24) is 9.91 Å². The summed E-state index contributed by atoms with van der Waals surface area (Å²) in [7, 11) is 0.585. The van der Waals surface area contributed by atoms with E-state index in [0.29, 0.717) is 5.69 Å². The van der Waals surface area contributed by atoms with Crippen LogP contribution in [0.3, 0.4) is 0 Å². The summed E-state index contributed by atoms with van der Waals surface area (Å²) < 4.78 is 34.3. The summed E-state index contributed by atoms with van der Waals surface area (Å²) in [4.78, 5) is 13.4. The first-order chi connectivity index (χ1) is 10.3. The van der Waals surface area contributed by atoms with Gasteiger partial charge >= 0.3 is 16.2 Å². The third kappa shape index (κ3) is 2.71. The first-order valence-corrected chi connectivity index (χ1v) is 7.94. The predicted molar refractivity (Wildman–Crippen MR) is 82.3 cm³/mol. The van der Waals surface area contributed by atoms with E-state index in [-0.39, 0.29) is 5.96 Å². The van der Waals surface area contributed by atoms with Gasteiger partial charge in [0.2, 0.25) is 5.96 Å². The number of carbonyl (C=O) groups is 1. The number of guanidine groups is 1. The number of carbonyl (C=O) groups excluding carboxylic acids is 1. The van der Waals surface area contributed by atoms with Gasteiger partial charge in [-0.05, 0) is 19.1 Å². The molecule has 0 aromatic heterocycles. The standard InChI is InChI=1S/C13H18N4O4S/c1-10(12(18)21-4)16-13(15(2)3)14-22(19,20)17(16)11-8-6-5-7-9-11/h5-10H,1-4H3. The molecule has 1 aromatic carbocycles. The molecule has 0 saturated carbocycles. The molecule has 0 amide bonds. The summed E-state index contributed by atoms with van der Waals surface area (Å²) in [6, 6.07) is 7.59. The van der Waals surface area contributed by atoms with E-state index in [0.717, 1.165) is 4.41 Å². The lowest BCUT2D eigenvalue weighted by atomic mass is 10.3. The van der Waals surface area contributed by atoms with Gasteiger partial charge in [0, 0.05) is 14.1 Å². The van der Waals surface area contributed by atoms with Crippen LogP contribution in [0.1, 0.15) is 6.92 Å². The van der Waals surface area contributed by atoms with Crippen molar-refractivity contribution >= 4 is 27.8 Å². The van der Waals surface area contributed by atoms with Crippen molar-refractivity contribution in [2.75, 3.05) is 25.6 Å². The molecule has 2 rings (SSSR count). The van der Waals surface area contributed by atoms with Crippen LogP contribution in [-0.2, 0) is 19.7 Å². The molecule has 22 heavy (non-hydrogen) atoms. The zero-order valence-corrected chi connectivity index (χ0v) is 13.6. The molecule has 120 valence electrons. The summed E-state index contributed by atoms with van der Waals surface area (Å²) in [5.41, 5.74) is 0.388. The zero-order chi connectivity index (χ0) is 16.5. The van der Waals surface area contributed by atoms with Crippen LogP contribution in [-0.4, -0.2) is 57.5 Å². The Morgan fingerprint density at radius 1 is 1.27 bits per heavy atom. The molecule has 0 N–H and O–H groups in total. The monoisotopic (exact) mass is 326 g/mol. The van der Waals surface area contributed by atoms with Crippen molar-refractivity contribution < 1.29 is 17.9 Å². The molecule has 1 unspecified atom stereocenters. The number of benzene rings is 1. The van der Waals surface area contributed by atoms with Gasteiger partial charge in [-0.15, -0.1) is 4.40 Å². The Bertz CT molecular complexity index is 687. The Kier molecular flexibility index (Phi) is 4.27. The van der Waals surface area contributed by atoms with Crippen molar-refractivity contribution in [2.24, 2.45) is 4.40 Å². The number of hydrazine groups is 1. The summed E-state index contributed by atoms with van der Waals surface area (Å²) in [6.45, 7) is 1.56. The molecular weight excluding hydrogens is 308 g/mol. The topological polar surface area (TPSA) is 82.5 Å². The molecule has 0 bridgehead atoms. The molecule has 1 aromatic rings. The Hall–Kier alpha value is -2.29. The normalized spacial score (nSPS) is 17.9. The lowest BCUT2D eigenvalue weighted by Crippen LogP contribution is -2.54.